The first kappa shape index (κ1) is 14.3. The van der Waals surface area contributed by atoms with E-state index in [4.69, 9.17) is 23.2 Å². The lowest BCUT2D eigenvalue weighted by atomic mass is 10.2. The molecular weight excluding hydrogens is 333 g/mol. The Labute approximate surface area is 130 Å². The molecule has 3 rings (SSSR count). The third-order valence-electron chi connectivity index (χ3n) is 3.02. The Balaban J connectivity index is 2.22. The van der Waals surface area contributed by atoms with E-state index in [2.05, 4.69) is 15.0 Å². The van der Waals surface area contributed by atoms with Crippen LogP contribution in [0.25, 0.3) is 11.0 Å². The number of fused-ring (bicyclic) bond motifs is 1. The fourth-order valence-corrected chi connectivity index (χ4v) is 3.82. The Kier molecular flexibility index (Phi) is 3.39. The second kappa shape index (κ2) is 4.98. The first-order valence-corrected chi connectivity index (χ1v) is 8.14. The van der Waals surface area contributed by atoms with Crippen LogP contribution in [-0.4, -0.2) is 23.4 Å². The molecule has 3 aromatic rings. The lowest BCUT2D eigenvalue weighted by Crippen LogP contribution is -2.08. The Morgan fingerprint density at radius 3 is 2.71 bits per heavy atom. The number of aromatic amines is 1. The van der Waals surface area contributed by atoms with Gasteiger partial charge in [0.1, 0.15) is 5.65 Å². The number of hydrogen-bond acceptors (Lipinski definition) is 4. The van der Waals surface area contributed by atoms with E-state index in [1.807, 2.05) is 0 Å². The molecule has 0 bridgehead atoms. The number of H-pyrrole nitrogens is 1. The van der Waals surface area contributed by atoms with E-state index in [0.717, 1.165) is 5.39 Å². The van der Waals surface area contributed by atoms with Gasteiger partial charge in [-0.3, -0.25) is 0 Å². The number of hydrogen-bond donors (Lipinski definition) is 1. The molecule has 108 valence electrons. The van der Waals surface area contributed by atoms with E-state index in [1.54, 1.807) is 19.2 Å². The summed E-state index contributed by atoms with van der Waals surface area (Å²) in [4.78, 5) is 10.7. The van der Waals surface area contributed by atoms with Crippen LogP contribution in [0.5, 0.6) is 0 Å². The van der Waals surface area contributed by atoms with E-state index in [-0.39, 0.29) is 15.1 Å². The number of nitrogens with one attached hydrogen (secondary N) is 1. The molecule has 0 spiro atoms. The average molecular weight is 342 g/mol. The predicted molar refractivity (Wildman–Crippen MR) is 80.5 cm³/mol. The van der Waals surface area contributed by atoms with Gasteiger partial charge in [-0.2, -0.15) is 4.98 Å². The number of nitrogens with zero attached hydrogens (tertiary/aromatic N) is 2. The molecule has 0 unspecified atom stereocenters. The highest BCUT2D eigenvalue weighted by atomic mass is 35.5. The molecule has 2 heterocycles. The molecule has 1 N–H and O–H groups in total. The van der Waals surface area contributed by atoms with Crippen LogP contribution in [0.15, 0.2) is 40.6 Å². The molecule has 0 aliphatic carbocycles. The van der Waals surface area contributed by atoms with Gasteiger partial charge < -0.3 is 4.98 Å². The smallest absolute Gasteiger partial charge is 0.254 e. The molecule has 21 heavy (non-hydrogen) atoms. The zero-order chi connectivity index (χ0) is 15.2. The number of sulfone groups is 1. The molecule has 8 heteroatoms. The number of benzene rings is 1. The van der Waals surface area contributed by atoms with Crippen LogP contribution in [-0.2, 0) is 9.84 Å². The minimum atomic E-state index is -3.91. The largest absolute Gasteiger partial charge is 0.346 e. The van der Waals surface area contributed by atoms with E-state index in [1.165, 1.54) is 18.3 Å². The summed E-state index contributed by atoms with van der Waals surface area (Å²) in [6.45, 7) is 1.70. The van der Waals surface area contributed by atoms with Crippen LogP contribution in [0.1, 0.15) is 5.56 Å². The van der Waals surface area contributed by atoms with Crippen LogP contribution < -0.4 is 0 Å². The van der Waals surface area contributed by atoms with Gasteiger partial charge in [0, 0.05) is 22.8 Å². The van der Waals surface area contributed by atoms with Crippen molar-refractivity contribution in [3.63, 3.8) is 0 Å². The van der Waals surface area contributed by atoms with Gasteiger partial charge in [-0.1, -0.05) is 23.2 Å². The third kappa shape index (κ3) is 2.39. The minimum Gasteiger partial charge on any atom is -0.346 e. The van der Waals surface area contributed by atoms with Gasteiger partial charge in [-0.25, -0.2) is 13.4 Å². The third-order valence-corrected chi connectivity index (χ3v) is 5.45. The van der Waals surface area contributed by atoms with Gasteiger partial charge >= 0.3 is 0 Å². The Morgan fingerprint density at radius 1 is 1.19 bits per heavy atom. The van der Waals surface area contributed by atoms with Crippen LogP contribution in [0, 0.1) is 6.92 Å². The summed E-state index contributed by atoms with van der Waals surface area (Å²) in [5.74, 6) is 0. The fraction of sp³-hybridized carbons (Fsp3) is 0.0769. The summed E-state index contributed by atoms with van der Waals surface area (Å²) >= 11 is 11.9. The first-order valence-electron chi connectivity index (χ1n) is 5.90. The van der Waals surface area contributed by atoms with Crippen molar-refractivity contribution >= 4 is 44.1 Å². The molecule has 0 fully saturated rings. The van der Waals surface area contributed by atoms with E-state index >= 15 is 0 Å². The molecule has 1 aromatic carbocycles. The molecule has 0 saturated carbocycles. The van der Waals surface area contributed by atoms with Crippen molar-refractivity contribution in [2.24, 2.45) is 0 Å². The van der Waals surface area contributed by atoms with Gasteiger partial charge in [0.2, 0.25) is 9.84 Å². The van der Waals surface area contributed by atoms with Crippen molar-refractivity contribution < 1.29 is 8.42 Å². The zero-order valence-corrected chi connectivity index (χ0v) is 13.1. The first-order chi connectivity index (χ1) is 9.89. The Hall–Kier alpha value is -1.63. The lowest BCUT2D eigenvalue weighted by Gasteiger charge is -2.07. The van der Waals surface area contributed by atoms with Crippen molar-refractivity contribution in [3.8, 4) is 0 Å². The molecule has 2 aromatic heterocycles. The quantitative estimate of drug-likeness (QED) is 0.724. The number of halogens is 2. The van der Waals surface area contributed by atoms with Crippen molar-refractivity contribution in [3.05, 3.63) is 46.2 Å². The van der Waals surface area contributed by atoms with Crippen LogP contribution >= 0.6 is 23.2 Å². The number of aromatic nitrogens is 3. The molecule has 0 radical (unpaired) electrons. The topological polar surface area (TPSA) is 75.7 Å². The molecule has 0 atom stereocenters. The number of aryl methyl sites for hydroxylation is 1. The maximum atomic E-state index is 12.6. The summed E-state index contributed by atoms with van der Waals surface area (Å²) in [6, 6.07) is 4.58. The SMILES string of the molecule is Cc1cc(S(=O)(=O)c2ncc3cc[nH]c3n2)c(Cl)cc1Cl. The van der Waals surface area contributed by atoms with Gasteiger partial charge in [-0.15, -0.1) is 0 Å². The number of rotatable bonds is 2. The monoisotopic (exact) mass is 341 g/mol. The second-order valence-electron chi connectivity index (χ2n) is 4.47. The van der Waals surface area contributed by atoms with E-state index in [9.17, 15) is 8.42 Å². The average Bonchev–Trinajstić information content (AvgIpc) is 2.90. The Bertz CT molecular complexity index is 951. The van der Waals surface area contributed by atoms with Gasteiger partial charge in [-0.05, 0) is 30.7 Å². The zero-order valence-electron chi connectivity index (χ0n) is 10.8. The van der Waals surface area contributed by atoms with Gasteiger partial charge in [0.15, 0.2) is 0 Å². The highest BCUT2D eigenvalue weighted by molar-refractivity contribution is 7.91. The van der Waals surface area contributed by atoms with Crippen molar-refractivity contribution in [1.82, 2.24) is 15.0 Å². The summed E-state index contributed by atoms with van der Waals surface area (Å²) in [5, 5.41) is 0.869. The van der Waals surface area contributed by atoms with Crippen LogP contribution in [0.4, 0.5) is 0 Å². The highest BCUT2D eigenvalue weighted by Gasteiger charge is 2.25. The molecule has 0 aliphatic heterocycles. The fourth-order valence-electron chi connectivity index (χ4n) is 1.89. The molecule has 5 nitrogen and oxygen atoms in total. The maximum Gasteiger partial charge on any atom is 0.254 e. The highest BCUT2D eigenvalue weighted by Crippen LogP contribution is 2.31. The summed E-state index contributed by atoms with van der Waals surface area (Å²) in [5.41, 5.74) is 1.06. The van der Waals surface area contributed by atoms with Gasteiger partial charge in [0.25, 0.3) is 5.16 Å². The Morgan fingerprint density at radius 2 is 1.95 bits per heavy atom. The normalized spacial score (nSPS) is 12.0. The summed E-state index contributed by atoms with van der Waals surface area (Å²) < 4.78 is 25.2. The molecule has 0 aliphatic rings. The molecule has 0 saturated heterocycles. The van der Waals surface area contributed by atoms with Crippen molar-refractivity contribution in [2.45, 2.75) is 17.0 Å². The summed E-state index contributed by atoms with van der Waals surface area (Å²) in [6.07, 6.45) is 3.11. The lowest BCUT2D eigenvalue weighted by molar-refractivity contribution is 0.587. The van der Waals surface area contributed by atoms with Crippen LogP contribution in [0.3, 0.4) is 0 Å². The maximum absolute atomic E-state index is 12.6. The summed E-state index contributed by atoms with van der Waals surface area (Å²) in [7, 11) is -3.91. The van der Waals surface area contributed by atoms with E-state index in [0.29, 0.717) is 16.2 Å². The molecule has 0 amide bonds. The van der Waals surface area contributed by atoms with E-state index < -0.39 is 9.84 Å². The minimum absolute atomic E-state index is 0.0424. The second-order valence-corrected chi connectivity index (χ2v) is 7.10. The van der Waals surface area contributed by atoms with Gasteiger partial charge in [0.05, 0.1) is 9.92 Å². The van der Waals surface area contributed by atoms with Crippen molar-refractivity contribution in [2.75, 3.05) is 0 Å². The standard InChI is InChI=1S/C13H9Cl2N3O2S/c1-7-4-11(10(15)5-9(7)14)21(19,20)13-17-6-8-2-3-16-12(8)18-13/h2-6H,1H3,(H,16,17,18). The molecular formula is C13H9Cl2N3O2S. The predicted octanol–water partition coefficient (Wildman–Crippen LogP) is 3.41. The van der Waals surface area contributed by atoms with Crippen LogP contribution in [0.2, 0.25) is 10.0 Å². The van der Waals surface area contributed by atoms with Crippen molar-refractivity contribution in [1.29, 1.82) is 0 Å².